The van der Waals surface area contributed by atoms with Crippen LogP contribution in [0.5, 0.6) is 11.5 Å². The Kier molecular flexibility index (Phi) is 5.15. The van der Waals surface area contributed by atoms with Gasteiger partial charge in [-0.05, 0) is 36.4 Å². The van der Waals surface area contributed by atoms with Gasteiger partial charge < -0.3 is 10.1 Å². The Balaban J connectivity index is 1.62. The summed E-state index contributed by atoms with van der Waals surface area (Å²) < 4.78 is 6.75. The van der Waals surface area contributed by atoms with E-state index in [-0.39, 0.29) is 0 Å². The van der Waals surface area contributed by atoms with Crippen LogP contribution in [0.1, 0.15) is 13.8 Å². The minimum atomic E-state index is 0.505. The van der Waals surface area contributed by atoms with E-state index in [1.165, 1.54) is 0 Å². The zero-order valence-corrected chi connectivity index (χ0v) is 14.5. The minimum absolute atomic E-state index is 0.505. The average Bonchev–Trinajstić information content (AvgIpc) is 2.96. The molecule has 0 bridgehead atoms. The number of ether oxygens (including phenoxy) is 1. The number of hydrogen-bond donors (Lipinski definition) is 1. The number of anilines is 2. The van der Waals surface area contributed by atoms with E-state index in [1.807, 2.05) is 54.6 Å². The second-order valence-electron chi connectivity index (χ2n) is 5.10. The summed E-state index contributed by atoms with van der Waals surface area (Å²) >= 11 is 3.28. The molecule has 0 atom stereocenters. The highest BCUT2D eigenvalue weighted by Gasteiger charge is 2.07. The molecule has 1 heterocycles. The quantitative estimate of drug-likeness (QED) is 0.592. The molecule has 6 heteroatoms. The van der Waals surface area contributed by atoms with Gasteiger partial charge in [-0.15, -0.1) is 10.2 Å². The average molecular weight is 343 g/mol. The maximum absolute atomic E-state index is 5.77. The van der Waals surface area contributed by atoms with E-state index < -0.39 is 0 Å². The van der Waals surface area contributed by atoms with Crippen molar-refractivity contribution in [1.82, 2.24) is 10.2 Å². The molecule has 0 spiro atoms. The van der Waals surface area contributed by atoms with Gasteiger partial charge in [0.15, 0.2) is 4.34 Å². The van der Waals surface area contributed by atoms with Gasteiger partial charge in [0.2, 0.25) is 5.13 Å². The fourth-order valence-corrected chi connectivity index (χ4v) is 3.86. The van der Waals surface area contributed by atoms with Crippen LogP contribution in [-0.2, 0) is 0 Å². The Morgan fingerprint density at radius 3 is 2.35 bits per heavy atom. The summed E-state index contributed by atoms with van der Waals surface area (Å²) in [7, 11) is 0. The topological polar surface area (TPSA) is 47.0 Å². The van der Waals surface area contributed by atoms with Crippen molar-refractivity contribution in [3.8, 4) is 11.5 Å². The van der Waals surface area contributed by atoms with Crippen molar-refractivity contribution in [1.29, 1.82) is 0 Å². The normalized spacial score (nSPS) is 10.7. The van der Waals surface area contributed by atoms with Crippen LogP contribution in [-0.4, -0.2) is 15.4 Å². The monoisotopic (exact) mass is 343 g/mol. The lowest BCUT2D eigenvalue weighted by atomic mass is 10.3. The maximum Gasteiger partial charge on any atom is 0.210 e. The van der Waals surface area contributed by atoms with Crippen molar-refractivity contribution in [3.05, 3.63) is 54.6 Å². The molecule has 2 aromatic carbocycles. The van der Waals surface area contributed by atoms with Gasteiger partial charge in [0.1, 0.15) is 11.5 Å². The van der Waals surface area contributed by atoms with Crippen LogP contribution in [0.4, 0.5) is 10.8 Å². The zero-order valence-electron chi connectivity index (χ0n) is 12.9. The zero-order chi connectivity index (χ0) is 16.1. The highest BCUT2D eigenvalue weighted by atomic mass is 32.2. The molecule has 23 heavy (non-hydrogen) atoms. The third-order valence-electron chi connectivity index (χ3n) is 2.83. The van der Waals surface area contributed by atoms with E-state index in [0.717, 1.165) is 26.7 Å². The van der Waals surface area contributed by atoms with E-state index in [1.54, 1.807) is 23.1 Å². The number of aromatic nitrogens is 2. The van der Waals surface area contributed by atoms with Crippen molar-refractivity contribution >= 4 is 33.9 Å². The molecule has 0 saturated carbocycles. The highest BCUT2D eigenvalue weighted by Crippen LogP contribution is 2.30. The van der Waals surface area contributed by atoms with Gasteiger partial charge in [0, 0.05) is 10.9 Å². The molecule has 1 N–H and O–H groups in total. The summed E-state index contributed by atoms with van der Waals surface area (Å²) in [5.41, 5.74) is 0.961. The second kappa shape index (κ2) is 7.48. The van der Waals surface area contributed by atoms with Crippen molar-refractivity contribution < 1.29 is 4.74 Å². The van der Waals surface area contributed by atoms with Gasteiger partial charge in [-0.3, -0.25) is 0 Å². The Bertz CT molecular complexity index is 742. The maximum atomic E-state index is 5.77. The summed E-state index contributed by atoms with van der Waals surface area (Å²) in [5.74, 6) is 1.63. The first-order valence-corrected chi connectivity index (χ1v) is 8.99. The number of rotatable bonds is 6. The van der Waals surface area contributed by atoms with E-state index >= 15 is 0 Å². The first-order valence-electron chi connectivity index (χ1n) is 7.29. The number of thioether (sulfide) groups is 1. The first kappa shape index (κ1) is 15.8. The number of hydrogen-bond acceptors (Lipinski definition) is 6. The largest absolute Gasteiger partial charge is 0.457 e. The lowest BCUT2D eigenvalue weighted by Gasteiger charge is -2.06. The molecule has 1 aromatic heterocycles. The van der Waals surface area contributed by atoms with Crippen molar-refractivity contribution in [2.45, 2.75) is 23.4 Å². The summed E-state index contributed by atoms with van der Waals surface area (Å²) in [6, 6.07) is 17.5. The molecule has 0 fully saturated rings. The molecule has 0 amide bonds. The SMILES string of the molecule is CC(C)Sc1nnc(Nc2ccc(Oc3ccccc3)cc2)s1. The Morgan fingerprint density at radius 1 is 0.957 bits per heavy atom. The molecule has 0 aliphatic heterocycles. The third kappa shape index (κ3) is 4.71. The van der Waals surface area contributed by atoms with Gasteiger partial charge in [0.25, 0.3) is 0 Å². The fourth-order valence-electron chi connectivity index (χ4n) is 1.86. The highest BCUT2D eigenvalue weighted by molar-refractivity contribution is 8.01. The Morgan fingerprint density at radius 2 is 1.65 bits per heavy atom. The lowest BCUT2D eigenvalue weighted by Crippen LogP contribution is -1.90. The van der Waals surface area contributed by atoms with Crippen molar-refractivity contribution in [2.24, 2.45) is 0 Å². The molecule has 3 rings (SSSR count). The van der Waals surface area contributed by atoms with E-state index in [9.17, 15) is 0 Å². The van der Waals surface area contributed by atoms with Crippen LogP contribution in [0.15, 0.2) is 58.9 Å². The Labute approximate surface area is 143 Å². The molecule has 0 aliphatic carbocycles. The number of benzene rings is 2. The van der Waals surface area contributed by atoms with Crippen LogP contribution < -0.4 is 10.1 Å². The van der Waals surface area contributed by atoms with Gasteiger partial charge in [0.05, 0.1) is 0 Å². The molecular formula is C17H17N3OS2. The predicted molar refractivity (Wildman–Crippen MR) is 97.1 cm³/mol. The number of nitrogens with one attached hydrogen (secondary N) is 1. The smallest absolute Gasteiger partial charge is 0.210 e. The van der Waals surface area contributed by atoms with E-state index in [2.05, 4.69) is 29.4 Å². The van der Waals surface area contributed by atoms with E-state index in [4.69, 9.17) is 4.74 Å². The van der Waals surface area contributed by atoms with Crippen molar-refractivity contribution in [2.75, 3.05) is 5.32 Å². The summed E-state index contributed by atoms with van der Waals surface area (Å²) in [4.78, 5) is 0. The van der Waals surface area contributed by atoms with Gasteiger partial charge in [-0.25, -0.2) is 0 Å². The number of nitrogens with zero attached hydrogens (tertiary/aromatic N) is 2. The molecule has 0 radical (unpaired) electrons. The predicted octanol–water partition coefficient (Wildman–Crippen LogP) is 5.57. The molecule has 3 aromatic rings. The summed E-state index contributed by atoms with van der Waals surface area (Å²) in [6.45, 7) is 4.29. The van der Waals surface area contributed by atoms with Crippen LogP contribution in [0.3, 0.4) is 0 Å². The lowest BCUT2D eigenvalue weighted by molar-refractivity contribution is 0.483. The van der Waals surface area contributed by atoms with Crippen LogP contribution in [0.2, 0.25) is 0 Å². The summed E-state index contributed by atoms with van der Waals surface area (Å²) in [5, 5.41) is 12.9. The first-order chi connectivity index (χ1) is 11.2. The third-order valence-corrected chi connectivity index (χ3v) is 4.75. The van der Waals surface area contributed by atoms with Crippen LogP contribution in [0.25, 0.3) is 0 Å². The van der Waals surface area contributed by atoms with Crippen LogP contribution in [0, 0.1) is 0 Å². The molecule has 118 valence electrons. The van der Waals surface area contributed by atoms with Gasteiger partial charge >= 0.3 is 0 Å². The van der Waals surface area contributed by atoms with E-state index in [0.29, 0.717) is 5.25 Å². The standard InChI is InChI=1S/C17H17N3OS2/c1-12(2)22-17-20-19-16(23-17)18-13-8-10-15(11-9-13)21-14-6-4-3-5-7-14/h3-12H,1-2H3,(H,18,19). The van der Waals surface area contributed by atoms with Gasteiger partial charge in [-0.1, -0.05) is 55.1 Å². The second-order valence-corrected chi connectivity index (χ2v) is 7.91. The molecular weight excluding hydrogens is 326 g/mol. The fraction of sp³-hybridized carbons (Fsp3) is 0.176. The molecule has 0 unspecified atom stereocenters. The Hall–Kier alpha value is -2.05. The van der Waals surface area contributed by atoms with Crippen molar-refractivity contribution in [3.63, 3.8) is 0 Å². The minimum Gasteiger partial charge on any atom is -0.457 e. The molecule has 4 nitrogen and oxygen atoms in total. The number of para-hydroxylation sites is 1. The van der Waals surface area contributed by atoms with Gasteiger partial charge in [-0.2, -0.15) is 0 Å². The molecule has 0 saturated heterocycles. The summed E-state index contributed by atoms with van der Waals surface area (Å²) in [6.07, 6.45) is 0. The van der Waals surface area contributed by atoms with Crippen LogP contribution >= 0.6 is 23.1 Å². The molecule has 0 aliphatic rings.